The van der Waals surface area contributed by atoms with E-state index in [2.05, 4.69) is 19.2 Å². The normalized spacial score (nSPS) is 19.4. The molecule has 1 aromatic carbocycles. The second-order valence-corrected chi connectivity index (χ2v) is 5.62. The number of nitrogens with one attached hydrogen (secondary N) is 1. The monoisotopic (exact) mass is 279 g/mol. The molecule has 0 saturated heterocycles. The van der Waals surface area contributed by atoms with Crippen molar-refractivity contribution < 1.29 is 14.6 Å². The average Bonchev–Trinajstić information content (AvgIpc) is 2.46. The maximum Gasteiger partial charge on any atom is 0.124 e. The van der Waals surface area contributed by atoms with Crippen LogP contribution in [0.25, 0.3) is 0 Å². The van der Waals surface area contributed by atoms with Gasteiger partial charge < -0.3 is 19.9 Å². The molecule has 20 heavy (non-hydrogen) atoms. The fourth-order valence-electron chi connectivity index (χ4n) is 2.68. The summed E-state index contributed by atoms with van der Waals surface area (Å²) in [6.07, 6.45) is 1.71. The summed E-state index contributed by atoms with van der Waals surface area (Å²) in [5.74, 6) is 2.27. The van der Waals surface area contributed by atoms with Gasteiger partial charge in [0.2, 0.25) is 0 Å². The van der Waals surface area contributed by atoms with Crippen LogP contribution in [-0.4, -0.2) is 31.5 Å². The highest BCUT2D eigenvalue weighted by molar-refractivity contribution is 5.43. The SMILES string of the molecule is COc1ccc2c(c1)C(NC(CCO)C(C)C)CCO2. The van der Waals surface area contributed by atoms with Crippen molar-refractivity contribution in [3.63, 3.8) is 0 Å². The quantitative estimate of drug-likeness (QED) is 0.840. The van der Waals surface area contributed by atoms with Gasteiger partial charge in [0.05, 0.1) is 13.7 Å². The Kier molecular flexibility index (Phi) is 5.26. The Bertz CT molecular complexity index is 434. The maximum absolute atomic E-state index is 9.21. The first kappa shape index (κ1) is 15.1. The van der Waals surface area contributed by atoms with E-state index in [0.29, 0.717) is 12.0 Å². The van der Waals surface area contributed by atoms with Crippen molar-refractivity contribution in [3.8, 4) is 11.5 Å². The van der Waals surface area contributed by atoms with Crippen LogP contribution in [0.5, 0.6) is 11.5 Å². The van der Waals surface area contributed by atoms with Gasteiger partial charge >= 0.3 is 0 Å². The van der Waals surface area contributed by atoms with E-state index in [4.69, 9.17) is 9.47 Å². The van der Waals surface area contributed by atoms with E-state index in [1.54, 1.807) is 7.11 Å². The number of rotatable bonds is 6. The van der Waals surface area contributed by atoms with Crippen molar-refractivity contribution in [1.82, 2.24) is 5.32 Å². The molecule has 0 fully saturated rings. The number of hydrogen-bond acceptors (Lipinski definition) is 4. The zero-order valence-corrected chi connectivity index (χ0v) is 12.6. The Morgan fingerprint density at radius 2 is 2.25 bits per heavy atom. The topological polar surface area (TPSA) is 50.7 Å². The van der Waals surface area contributed by atoms with Gasteiger partial charge in [0.1, 0.15) is 11.5 Å². The van der Waals surface area contributed by atoms with E-state index in [1.165, 1.54) is 0 Å². The van der Waals surface area contributed by atoms with Crippen LogP contribution < -0.4 is 14.8 Å². The molecule has 1 aromatic rings. The Morgan fingerprint density at radius 1 is 1.45 bits per heavy atom. The van der Waals surface area contributed by atoms with Crippen LogP contribution >= 0.6 is 0 Å². The molecule has 1 aliphatic heterocycles. The van der Waals surface area contributed by atoms with Gasteiger partial charge in [-0.1, -0.05) is 13.8 Å². The Hall–Kier alpha value is -1.26. The molecule has 0 aromatic heterocycles. The van der Waals surface area contributed by atoms with E-state index >= 15 is 0 Å². The van der Waals surface area contributed by atoms with Crippen LogP contribution in [0.2, 0.25) is 0 Å². The fourth-order valence-corrected chi connectivity index (χ4v) is 2.68. The Labute approximate surface area is 121 Å². The second-order valence-electron chi connectivity index (χ2n) is 5.62. The molecule has 4 nitrogen and oxygen atoms in total. The molecule has 112 valence electrons. The lowest BCUT2D eigenvalue weighted by Crippen LogP contribution is -2.39. The number of hydrogen-bond donors (Lipinski definition) is 2. The first-order valence-electron chi connectivity index (χ1n) is 7.33. The van der Waals surface area contributed by atoms with Crippen LogP contribution in [0, 0.1) is 5.92 Å². The van der Waals surface area contributed by atoms with E-state index in [-0.39, 0.29) is 12.6 Å². The summed E-state index contributed by atoms with van der Waals surface area (Å²) in [7, 11) is 1.68. The smallest absolute Gasteiger partial charge is 0.124 e. The molecule has 0 spiro atoms. The molecule has 2 N–H and O–H groups in total. The van der Waals surface area contributed by atoms with Gasteiger partial charge in [0.15, 0.2) is 0 Å². The van der Waals surface area contributed by atoms with Crippen molar-refractivity contribution in [2.24, 2.45) is 5.92 Å². The summed E-state index contributed by atoms with van der Waals surface area (Å²) in [6.45, 7) is 5.29. The highest BCUT2D eigenvalue weighted by atomic mass is 16.5. The molecule has 0 aliphatic carbocycles. The Balaban J connectivity index is 2.18. The minimum atomic E-state index is 0.212. The molecule has 2 atom stereocenters. The largest absolute Gasteiger partial charge is 0.497 e. The van der Waals surface area contributed by atoms with Crippen molar-refractivity contribution in [1.29, 1.82) is 0 Å². The number of aliphatic hydroxyl groups is 1. The number of aliphatic hydroxyl groups excluding tert-OH is 1. The zero-order valence-electron chi connectivity index (χ0n) is 12.6. The fraction of sp³-hybridized carbons (Fsp3) is 0.625. The third kappa shape index (κ3) is 3.44. The molecule has 0 amide bonds. The molecule has 1 heterocycles. The van der Waals surface area contributed by atoms with Crippen molar-refractivity contribution in [3.05, 3.63) is 23.8 Å². The second kappa shape index (κ2) is 6.95. The average molecular weight is 279 g/mol. The molecular formula is C16H25NO3. The molecule has 0 radical (unpaired) electrons. The number of methoxy groups -OCH3 is 1. The molecule has 4 heteroatoms. The molecule has 0 saturated carbocycles. The third-order valence-corrected chi connectivity index (χ3v) is 3.92. The summed E-state index contributed by atoms with van der Waals surface area (Å²) >= 11 is 0. The lowest BCUT2D eigenvalue weighted by molar-refractivity contribution is 0.206. The lowest BCUT2D eigenvalue weighted by Gasteiger charge is -2.32. The molecule has 0 bridgehead atoms. The minimum Gasteiger partial charge on any atom is -0.497 e. The van der Waals surface area contributed by atoms with Crippen molar-refractivity contribution in [2.45, 2.75) is 38.8 Å². The predicted molar refractivity (Wildman–Crippen MR) is 79.3 cm³/mol. The highest BCUT2D eigenvalue weighted by Gasteiger charge is 2.25. The summed E-state index contributed by atoms with van der Waals surface area (Å²) in [6, 6.07) is 6.51. The minimum absolute atomic E-state index is 0.212. The first-order valence-corrected chi connectivity index (χ1v) is 7.33. The highest BCUT2D eigenvalue weighted by Crippen LogP contribution is 2.35. The van der Waals surface area contributed by atoms with Gasteiger partial charge in [-0.05, 0) is 30.5 Å². The van der Waals surface area contributed by atoms with E-state index in [0.717, 1.165) is 36.5 Å². The van der Waals surface area contributed by atoms with Gasteiger partial charge in [0, 0.05) is 30.7 Å². The Morgan fingerprint density at radius 3 is 2.90 bits per heavy atom. The van der Waals surface area contributed by atoms with Gasteiger partial charge in [-0.15, -0.1) is 0 Å². The van der Waals surface area contributed by atoms with Crippen molar-refractivity contribution in [2.75, 3.05) is 20.3 Å². The summed E-state index contributed by atoms with van der Waals surface area (Å²) in [4.78, 5) is 0. The van der Waals surface area contributed by atoms with E-state index in [9.17, 15) is 5.11 Å². The van der Waals surface area contributed by atoms with Crippen LogP contribution in [0.1, 0.15) is 38.3 Å². The molecule has 1 aliphatic rings. The van der Waals surface area contributed by atoms with Gasteiger partial charge in [-0.25, -0.2) is 0 Å². The van der Waals surface area contributed by atoms with E-state index < -0.39 is 0 Å². The van der Waals surface area contributed by atoms with Crippen LogP contribution in [0.15, 0.2) is 18.2 Å². The predicted octanol–water partition coefficient (Wildman–Crippen LogP) is 2.52. The number of benzene rings is 1. The molecule has 2 rings (SSSR count). The third-order valence-electron chi connectivity index (χ3n) is 3.92. The van der Waals surface area contributed by atoms with Crippen molar-refractivity contribution >= 4 is 0 Å². The van der Waals surface area contributed by atoms with Crippen LogP contribution in [0.3, 0.4) is 0 Å². The van der Waals surface area contributed by atoms with Gasteiger partial charge in [-0.3, -0.25) is 0 Å². The van der Waals surface area contributed by atoms with Gasteiger partial charge in [0.25, 0.3) is 0 Å². The maximum atomic E-state index is 9.21. The number of fused-ring (bicyclic) bond motifs is 1. The molecule has 2 unspecified atom stereocenters. The number of ether oxygens (including phenoxy) is 2. The standard InChI is InChI=1S/C16H25NO3/c1-11(2)14(6-8-18)17-15-7-9-20-16-5-4-12(19-3)10-13(15)16/h4-5,10-11,14-15,17-18H,6-9H2,1-3H3. The zero-order chi connectivity index (χ0) is 14.5. The van der Waals surface area contributed by atoms with E-state index in [1.807, 2.05) is 18.2 Å². The first-order chi connectivity index (χ1) is 9.65. The summed E-state index contributed by atoms with van der Waals surface area (Å²) in [5.41, 5.74) is 1.15. The van der Waals surface area contributed by atoms with Gasteiger partial charge in [-0.2, -0.15) is 0 Å². The van der Waals surface area contributed by atoms with Crippen LogP contribution in [-0.2, 0) is 0 Å². The van der Waals surface area contributed by atoms with Crippen LogP contribution in [0.4, 0.5) is 0 Å². The molecular weight excluding hydrogens is 254 g/mol. The lowest BCUT2D eigenvalue weighted by atomic mass is 9.95. The summed E-state index contributed by atoms with van der Waals surface area (Å²) < 4.78 is 11.0. The summed E-state index contributed by atoms with van der Waals surface area (Å²) in [5, 5.41) is 12.9.